The Kier molecular flexibility index (Phi) is 12.6. The first-order valence-corrected chi connectivity index (χ1v) is 14.0. The number of aryl methyl sites for hydroxylation is 1. The molecule has 0 aliphatic carbocycles. The van der Waals surface area contributed by atoms with E-state index < -0.39 is 111 Å². The molecule has 17 nitrogen and oxygen atoms in total. The van der Waals surface area contributed by atoms with Gasteiger partial charge in [-0.2, -0.15) is 0 Å². The molecule has 17 heteroatoms. The Bertz CT molecular complexity index is 1200. The maximum Gasteiger partial charge on any atom is 0.317 e. The number of aliphatic carboxylic acids is 2. The Labute approximate surface area is 256 Å². The first-order valence-electron chi connectivity index (χ1n) is 14.0. The number of hydrogen-bond acceptors (Lipinski definition) is 15. The minimum absolute atomic E-state index is 0.0845. The van der Waals surface area contributed by atoms with Gasteiger partial charge in [-0.25, -0.2) is 0 Å². The number of carbonyl (C=O) groups is 4. The zero-order valence-electron chi connectivity index (χ0n) is 24.6. The normalized spacial score (nSPS) is 31.7. The van der Waals surface area contributed by atoms with E-state index >= 15 is 0 Å². The number of rotatable bonds is 13. The summed E-state index contributed by atoms with van der Waals surface area (Å²) in [6.45, 7) is 4.18. The quantitative estimate of drug-likeness (QED) is 0.0918. The van der Waals surface area contributed by atoms with E-state index in [-0.39, 0.29) is 11.7 Å². The topological polar surface area (TPSA) is 265 Å². The predicted molar refractivity (Wildman–Crippen MR) is 145 cm³/mol. The van der Waals surface area contributed by atoms with Gasteiger partial charge in [-0.15, -0.1) is 0 Å². The third kappa shape index (κ3) is 9.54. The maximum absolute atomic E-state index is 11.8. The molecule has 252 valence electrons. The van der Waals surface area contributed by atoms with Crippen LogP contribution in [0, 0.1) is 6.92 Å². The zero-order valence-corrected chi connectivity index (χ0v) is 24.6. The molecule has 2 fully saturated rings. The summed E-state index contributed by atoms with van der Waals surface area (Å²) >= 11 is 0. The summed E-state index contributed by atoms with van der Waals surface area (Å²) in [5.41, 5.74) is 1.49. The van der Waals surface area contributed by atoms with E-state index in [1.807, 2.05) is 19.9 Å². The number of aliphatic hydroxyl groups is 5. The van der Waals surface area contributed by atoms with Crippen LogP contribution in [0.1, 0.15) is 43.7 Å². The molecule has 2 saturated heterocycles. The number of aliphatic hydroxyl groups excluding tert-OH is 5. The average Bonchev–Trinajstić information content (AvgIpc) is 2.95. The van der Waals surface area contributed by atoms with Gasteiger partial charge in [-0.1, -0.05) is 26.0 Å². The fourth-order valence-corrected chi connectivity index (χ4v) is 4.53. The van der Waals surface area contributed by atoms with Crippen LogP contribution in [0.15, 0.2) is 18.2 Å². The van der Waals surface area contributed by atoms with Gasteiger partial charge in [-0.3, -0.25) is 19.2 Å². The molecule has 7 N–H and O–H groups in total. The van der Waals surface area contributed by atoms with Crippen molar-refractivity contribution < 1.29 is 83.3 Å². The Morgan fingerprint density at radius 2 is 1.27 bits per heavy atom. The van der Waals surface area contributed by atoms with Crippen molar-refractivity contribution in [3.05, 3.63) is 29.3 Å². The summed E-state index contributed by atoms with van der Waals surface area (Å²) in [5.74, 6) is -4.87. The van der Waals surface area contributed by atoms with E-state index in [1.165, 1.54) is 0 Å². The average molecular weight is 647 g/mol. The molecular weight excluding hydrogens is 608 g/mol. The predicted octanol–water partition coefficient (Wildman–Crippen LogP) is -1.83. The first-order chi connectivity index (χ1) is 21.1. The van der Waals surface area contributed by atoms with Gasteiger partial charge in [0.15, 0.2) is 12.4 Å². The van der Waals surface area contributed by atoms with E-state index in [0.717, 1.165) is 5.56 Å². The second kappa shape index (κ2) is 15.7. The summed E-state index contributed by atoms with van der Waals surface area (Å²) < 4.78 is 32.8. The lowest BCUT2D eigenvalue weighted by atomic mass is 9.97. The molecule has 3 rings (SSSR count). The molecule has 45 heavy (non-hydrogen) atoms. The number of carbonyl (C=O) groups excluding carboxylic acids is 2. The van der Waals surface area contributed by atoms with Crippen LogP contribution < -0.4 is 4.74 Å². The van der Waals surface area contributed by atoms with Crippen LogP contribution in [-0.4, -0.2) is 134 Å². The van der Waals surface area contributed by atoms with E-state index in [1.54, 1.807) is 19.1 Å². The molecule has 0 amide bonds. The number of carboxylic acids is 2. The van der Waals surface area contributed by atoms with Crippen molar-refractivity contribution in [1.82, 2.24) is 0 Å². The third-order valence-electron chi connectivity index (χ3n) is 7.13. The molecule has 0 unspecified atom stereocenters. The molecule has 0 bridgehead atoms. The highest BCUT2D eigenvalue weighted by molar-refractivity contribution is 5.90. The Balaban J connectivity index is 1.86. The van der Waals surface area contributed by atoms with Crippen LogP contribution >= 0.6 is 0 Å². The van der Waals surface area contributed by atoms with Crippen LogP contribution in [0.2, 0.25) is 0 Å². The fraction of sp³-hybridized carbons (Fsp3) is 0.643. The smallest absolute Gasteiger partial charge is 0.317 e. The molecule has 0 aromatic heterocycles. The van der Waals surface area contributed by atoms with E-state index in [0.29, 0.717) is 5.56 Å². The van der Waals surface area contributed by atoms with Gasteiger partial charge in [0.1, 0.15) is 74.5 Å². The van der Waals surface area contributed by atoms with Gasteiger partial charge in [-0.05, 0) is 30.0 Å². The Morgan fingerprint density at radius 1 is 0.756 bits per heavy atom. The van der Waals surface area contributed by atoms with Gasteiger partial charge in [0.05, 0.1) is 0 Å². The Hall–Kier alpha value is -3.42. The second-order valence-electron chi connectivity index (χ2n) is 10.9. The van der Waals surface area contributed by atoms with Crippen LogP contribution in [-0.2, 0) is 42.9 Å². The van der Waals surface area contributed by atoms with Crippen LogP contribution in [0.5, 0.6) is 5.75 Å². The lowest BCUT2D eigenvalue weighted by molar-refractivity contribution is -0.358. The largest absolute Gasteiger partial charge is 0.481 e. The summed E-state index contributed by atoms with van der Waals surface area (Å²) in [5, 5.41) is 70.8. The highest BCUT2D eigenvalue weighted by Crippen LogP contribution is 2.33. The van der Waals surface area contributed by atoms with Gasteiger partial charge < -0.3 is 64.2 Å². The van der Waals surface area contributed by atoms with Crippen molar-refractivity contribution in [2.24, 2.45) is 0 Å². The van der Waals surface area contributed by atoms with Crippen LogP contribution in [0.25, 0.3) is 0 Å². The fourth-order valence-electron chi connectivity index (χ4n) is 4.53. The highest BCUT2D eigenvalue weighted by atomic mass is 16.8. The van der Waals surface area contributed by atoms with Crippen molar-refractivity contribution in [3.8, 4) is 5.75 Å². The van der Waals surface area contributed by atoms with Crippen molar-refractivity contribution in [2.75, 3.05) is 13.2 Å². The maximum atomic E-state index is 11.8. The van der Waals surface area contributed by atoms with Crippen molar-refractivity contribution in [3.63, 3.8) is 0 Å². The monoisotopic (exact) mass is 646 g/mol. The minimum atomic E-state index is -1.95. The second-order valence-corrected chi connectivity index (χ2v) is 10.9. The van der Waals surface area contributed by atoms with Gasteiger partial charge in [0.2, 0.25) is 6.29 Å². The molecule has 0 spiro atoms. The van der Waals surface area contributed by atoms with Gasteiger partial charge in [0.25, 0.3) is 0 Å². The standard InChI is InChI=1S/C28H38O17/c1-11(2)13-5-4-12(3)14(6-13)42-28-26(24(38)22(36)16(44-28)10-41-20(34)8-18(31)32)45-27-25(39)23(37)21(35)15(43-27)9-40-19(33)7-17(29)30/h4-6,11,15-16,21-28,35-39H,7-10H2,1-3H3,(H,29,30)(H,31,32)/t15-,16-,21-,22-,23+,24+,25-,26-,27+,28-/m1/s1. The number of benzene rings is 1. The van der Waals surface area contributed by atoms with E-state index in [2.05, 4.69) is 0 Å². The third-order valence-corrected chi connectivity index (χ3v) is 7.13. The summed E-state index contributed by atoms with van der Waals surface area (Å²) in [7, 11) is 0. The molecular formula is C28H38O17. The summed E-state index contributed by atoms with van der Waals surface area (Å²) in [6.07, 6.45) is -19.4. The summed E-state index contributed by atoms with van der Waals surface area (Å²) in [4.78, 5) is 45.0. The number of ether oxygens (including phenoxy) is 6. The molecule has 1 aromatic rings. The van der Waals surface area contributed by atoms with Crippen LogP contribution in [0.4, 0.5) is 0 Å². The highest BCUT2D eigenvalue weighted by Gasteiger charge is 2.52. The molecule has 0 saturated carbocycles. The lowest BCUT2D eigenvalue weighted by Crippen LogP contribution is -2.65. The molecule has 1 aromatic carbocycles. The lowest BCUT2D eigenvalue weighted by Gasteiger charge is -2.46. The zero-order chi connectivity index (χ0) is 33.6. The van der Waals surface area contributed by atoms with Crippen molar-refractivity contribution in [1.29, 1.82) is 0 Å². The van der Waals surface area contributed by atoms with Gasteiger partial charge >= 0.3 is 23.9 Å². The van der Waals surface area contributed by atoms with E-state index in [9.17, 15) is 44.7 Å². The first kappa shape index (κ1) is 36.1. The van der Waals surface area contributed by atoms with Crippen molar-refractivity contribution >= 4 is 23.9 Å². The Morgan fingerprint density at radius 3 is 1.78 bits per heavy atom. The number of hydrogen-bond donors (Lipinski definition) is 7. The van der Waals surface area contributed by atoms with Crippen LogP contribution in [0.3, 0.4) is 0 Å². The molecule has 2 aliphatic rings. The SMILES string of the molecule is Cc1ccc(C(C)C)cc1O[C@@H]1O[C@H](COC(=O)CC(=O)O)[C@@H](O)[C@H](O)[C@H]1O[C@@H]1O[C@H](COC(=O)CC(=O)O)[C@@H](O)[C@H](O)[C@H]1O. The number of esters is 2. The molecule has 0 radical (unpaired) electrons. The summed E-state index contributed by atoms with van der Waals surface area (Å²) in [6, 6.07) is 5.34. The molecule has 10 atom stereocenters. The molecule has 2 aliphatic heterocycles. The number of carboxylic acid groups (broad SMARTS) is 2. The minimum Gasteiger partial charge on any atom is -0.481 e. The van der Waals surface area contributed by atoms with E-state index in [4.69, 9.17) is 38.6 Å². The van der Waals surface area contributed by atoms with Gasteiger partial charge in [0, 0.05) is 0 Å². The molecule has 2 heterocycles. The van der Waals surface area contributed by atoms with Crippen molar-refractivity contribution in [2.45, 2.75) is 101 Å².